The Kier molecular flexibility index (Phi) is 6.85. The number of carboxylic acids is 1. The van der Waals surface area contributed by atoms with Crippen molar-refractivity contribution < 1.29 is 41.7 Å². The minimum absolute atomic E-state index is 0.0321. The van der Waals surface area contributed by atoms with Crippen LogP contribution in [0.5, 0.6) is 5.88 Å². The third-order valence-corrected chi connectivity index (χ3v) is 6.34. The molecule has 3 aromatic rings. The molecule has 4 heterocycles. The lowest BCUT2D eigenvalue weighted by Crippen LogP contribution is -2.45. The molecule has 1 aromatic carbocycles. The number of fused-ring (bicyclic) bond motifs is 2. The van der Waals surface area contributed by atoms with E-state index in [4.69, 9.17) is 24.4 Å². The Morgan fingerprint density at radius 2 is 1.87 bits per heavy atom. The van der Waals surface area contributed by atoms with E-state index in [1.807, 2.05) is 24.4 Å². The second-order valence-corrected chi connectivity index (χ2v) is 10.0. The number of aryl methyl sites for hydroxylation is 1. The molecule has 1 amide bonds. The highest BCUT2D eigenvalue weighted by Crippen LogP contribution is 2.58. The Hall–Kier alpha value is -3.74. The van der Waals surface area contributed by atoms with Crippen molar-refractivity contribution in [3.63, 3.8) is 0 Å². The quantitative estimate of drug-likeness (QED) is 0.454. The van der Waals surface area contributed by atoms with Crippen molar-refractivity contribution in [2.24, 2.45) is 0 Å². The molecule has 0 spiro atoms. The summed E-state index contributed by atoms with van der Waals surface area (Å²) in [4.78, 5) is 30.9. The number of carboxylic acid groups (broad SMARTS) is 1. The van der Waals surface area contributed by atoms with Crippen LogP contribution in [0, 0.1) is 12.7 Å². The topological polar surface area (TPSA) is 115 Å². The smallest absolute Gasteiger partial charge is 0.475 e. The molecule has 6 rings (SSSR count). The van der Waals surface area contributed by atoms with Crippen molar-refractivity contribution in [2.75, 3.05) is 11.9 Å². The summed E-state index contributed by atoms with van der Waals surface area (Å²) in [5, 5.41) is 9.82. The fraction of sp³-hybridized carbons (Fsp3) is 0.440. The number of carbonyl (C=O) groups excluding carboxylic acids is 1. The van der Waals surface area contributed by atoms with E-state index >= 15 is 0 Å². The number of hydrogen-bond acceptors (Lipinski definition) is 6. The predicted octanol–water partition coefficient (Wildman–Crippen LogP) is 4.67. The van der Waals surface area contributed by atoms with Crippen LogP contribution >= 0.6 is 0 Å². The monoisotopic (exact) mass is 538 g/mol. The molecule has 13 heteroatoms. The van der Waals surface area contributed by atoms with Gasteiger partial charge in [-0.2, -0.15) is 18.2 Å². The maximum absolute atomic E-state index is 14.4. The van der Waals surface area contributed by atoms with Crippen LogP contribution in [0.15, 0.2) is 30.6 Å². The fourth-order valence-electron chi connectivity index (χ4n) is 4.75. The Bertz CT molecular complexity index is 1400. The van der Waals surface area contributed by atoms with Gasteiger partial charge < -0.3 is 19.9 Å². The lowest BCUT2D eigenvalue weighted by molar-refractivity contribution is -0.192. The molecule has 0 radical (unpaired) electrons. The molecule has 2 aromatic heterocycles. The van der Waals surface area contributed by atoms with Crippen LogP contribution in [0.25, 0.3) is 5.65 Å². The molecule has 38 heavy (non-hydrogen) atoms. The largest absolute Gasteiger partial charge is 0.490 e. The van der Waals surface area contributed by atoms with Gasteiger partial charge in [-0.3, -0.25) is 9.20 Å². The first-order chi connectivity index (χ1) is 17.6. The van der Waals surface area contributed by atoms with Crippen molar-refractivity contribution >= 4 is 23.3 Å². The Balaban J connectivity index is 0.000000426. The van der Waals surface area contributed by atoms with Gasteiger partial charge in [0.2, 0.25) is 5.65 Å². The summed E-state index contributed by atoms with van der Waals surface area (Å²) < 4.78 is 59.7. The van der Waals surface area contributed by atoms with Gasteiger partial charge >= 0.3 is 12.1 Å². The summed E-state index contributed by atoms with van der Waals surface area (Å²) in [6.45, 7) is 8.19. The van der Waals surface area contributed by atoms with Crippen LogP contribution in [-0.4, -0.2) is 55.8 Å². The first kappa shape index (κ1) is 27.3. The highest BCUT2D eigenvalue weighted by molar-refractivity contribution is 6.04. The summed E-state index contributed by atoms with van der Waals surface area (Å²) in [6.07, 6.45) is 0.287. The number of ether oxygens (including phenoxy) is 2. The van der Waals surface area contributed by atoms with Crippen molar-refractivity contribution in [2.45, 2.75) is 63.8 Å². The van der Waals surface area contributed by atoms with E-state index in [-0.39, 0.29) is 28.5 Å². The van der Waals surface area contributed by atoms with Gasteiger partial charge in [-0.1, -0.05) is 12.1 Å². The molecular weight excluding hydrogens is 512 g/mol. The Morgan fingerprint density at radius 3 is 2.42 bits per heavy atom. The zero-order valence-corrected chi connectivity index (χ0v) is 21.0. The van der Waals surface area contributed by atoms with Crippen LogP contribution in [0.4, 0.5) is 23.4 Å². The van der Waals surface area contributed by atoms with Crippen molar-refractivity contribution in [3.05, 3.63) is 53.2 Å². The summed E-state index contributed by atoms with van der Waals surface area (Å²) >= 11 is 0. The molecule has 1 aliphatic carbocycles. The Morgan fingerprint density at radius 1 is 1.21 bits per heavy atom. The zero-order valence-electron chi connectivity index (χ0n) is 21.0. The van der Waals surface area contributed by atoms with Gasteiger partial charge in [-0.25, -0.2) is 14.2 Å². The standard InChI is InChI=1S/C23H25FN4O3.C2HF3O2/c1-13(2)31-21-19-25-16(23-10-22(4,11-23)30-12-23)8-28(19)9-17(27-21)26-20(29)15-7-5-6-14(3)18(15)24;3-2(4,5)1(6)7/h5-9,13H,10-12H2,1-4H3,(H,26,29);(H,6,7). The number of hydrogen-bond donors (Lipinski definition) is 2. The van der Waals surface area contributed by atoms with Crippen LogP contribution < -0.4 is 10.1 Å². The molecule has 204 valence electrons. The van der Waals surface area contributed by atoms with Crippen molar-refractivity contribution in [1.82, 2.24) is 14.4 Å². The molecule has 9 nitrogen and oxygen atoms in total. The van der Waals surface area contributed by atoms with E-state index in [0.29, 0.717) is 23.7 Å². The summed E-state index contributed by atoms with van der Waals surface area (Å²) in [5.41, 5.74) is 1.76. The number of halogens is 4. The van der Waals surface area contributed by atoms with Crippen LogP contribution in [0.1, 0.15) is 55.2 Å². The van der Waals surface area contributed by atoms with E-state index < -0.39 is 23.9 Å². The van der Waals surface area contributed by atoms with Gasteiger partial charge in [0, 0.05) is 11.6 Å². The number of imidazole rings is 1. The minimum Gasteiger partial charge on any atom is -0.475 e. The summed E-state index contributed by atoms with van der Waals surface area (Å²) in [5.74, 6) is -3.29. The normalized spacial score (nSPS) is 22.0. The van der Waals surface area contributed by atoms with E-state index in [9.17, 15) is 22.4 Å². The first-order valence-corrected chi connectivity index (χ1v) is 11.7. The number of carbonyl (C=O) groups is 2. The van der Waals surface area contributed by atoms with Gasteiger partial charge in [0.25, 0.3) is 11.8 Å². The van der Waals surface area contributed by atoms with Crippen LogP contribution in [0.3, 0.4) is 0 Å². The number of aliphatic carboxylic acids is 1. The molecular formula is C25H26F4N4O5. The molecule has 2 bridgehead atoms. The summed E-state index contributed by atoms with van der Waals surface area (Å²) in [6, 6.07) is 4.72. The average molecular weight is 538 g/mol. The third kappa shape index (κ3) is 5.28. The molecule has 3 aliphatic rings. The highest BCUT2D eigenvalue weighted by Gasteiger charge is 2.61. The predicted molar refractivity (Wildman–Crippen MR) is 127 cm³/mol. The van der Waals surface area contributed by atoms with Gasteiger partial charge in [-0.05, 0) is 52.2 Å². The van der Waals surface area contributed by atoms with E-state index in [1.165, 1.54) is 6.07 Å². The number of nitrogens with one attached hydrogen (secondary N) is 1. The number of rotatable bonds is 5. The molecule has 0 atom stereocenters. The van der Waals surface area contributed by atoms with Crippen LogP contribution in [-0.2, 0) is 14.9 Å². The molecule has 0 unspecified atom stereocenters. The number of aromatic nitrogens is 3. The number of benzene rings is 1. The van der Waals surface area contributed by atoms with Crippen molar-refractivity contribution in [1.29, 1.82) is 0 Å². The second-order valence-electron chi connectivity index (χ2n) is 10.0. The lowest BCUT2D eigenvalue weighted by atomic mass is 9.62. The van der Waals surface area contributed by atoms with Crippen LogP contribution in [0.2, 0.25) is 0 Å². The van der Waals surface area contributed by atoms with Gasteiger partial charge in [0.1, 0.15) is 5.82 Å². The molecule has 2 saturated heterocycles. The van der Waals surface area contributed by atoms with Gasteiger partial charge in [0.05, 0.1) is 35.8 Å². The van der Waals surface area contributed by atoms with Gasteiger partial charge in [-0.15, -0.1) is 0 Å². The minimum atomic E-state index is -5.08. The molecule has 2 aliphatic heterocycles. The Labute approximate surface area is 214 Å². The zero-order chi connectivity index (χ0) is 28.0. The summed E-state index contributed by atoms with van der Waals surface area (Å²) in [7, 11) is 0. The molecule has 3 fully saturated rings. The second kappa shape index (κ2) is 9.53. The van der Waals surface area contributed by atoms with E-state index in [1.54, 1.807) is 25.3 Å². The van der Waals surface area contributed by atoms with Crippen molar-refractivity contribution in [3.8, 4) is 5.88 Å². The number of nitrogens with zero attached hydrogens (tertiary/aromatic N) is 3. The first-order valence-electron chi connectivity index (χ1n) is 11.7. The molecule has 2 N–H and O–H groups in total. The maximum Gasteiger partial charge on any atom is 0.490 e. The maximum atomic E-state index is 14.4. The number of alkyl halides is 3. The fourth-order valence-corrected chi connectivity index (χ4v) is 4.75. The lowest BCUT2D eigenvalue weighted by Gasteiger charge is -2.41. The van der Waals surface area contributed by atoms with Gasteiger partial charge in [0.15, 0.2) is 5.82 Å². The highest BCUT2D eigenvalue weighted by atomic mass is 19.4. The number of anilines is 1. The average Bonchev–Trinajstić information content (AvgIpc) is 3.46. The third-order valence-electron chi connectivity index (χ3n) is 6.34. The molecule has 1 saturated carbocycles. The number of amides is 1. The SMILES string of the molecule is Cc1cccc(C(=O)Nc2cn3cc(C45COC(C)(C4)C5)nc3c(OC(C)C)n2)c1F.O=C(O)C(F)(F)F. The van der Waals surface area contributed by atoms with E-state index in [2.05, 4.69) is 17.2 Å². The van der Waals surface area contributed by atoms with E-state index in [0.717, 1.165) is 18.5 Å².